The van der Waals surface area contributed by atoms with Gasteiger partial charge in [0.1, 0.15) is 17.4 Å². The van der Waals surface area contributed by atoms with Crippen molar-refractivity contribution in [2.24, 2.45) is 10.1 Å². The van der Waals surface area contributed by atoms with Crippen molar-refractivity contribution in [2.75, 3.05) is 6.61 Å². The van der Waals surface area contributed by atoms with Crippen molar-refractivity contribution in [1.82, 2.24) is 9.58 Å². The maximum Gasteiger partial charge on any atom is 0.283 e. The molecule has 3 heterocycles. The van der Waals surface area contributed by atoms with Crippen LogP contribution in [0.3, 0.4) is 0 Å². The van der Waals surface area contributed by atoms with Gasteiger partial charge in [0.05, 0.1) is 12.1 Å². The third-order valence-corrected chi connectivity index (χ3v) is 6.03. The number of rotatable bonds is 7. The fourth-order valence-electron chi connectivity index (χ4n) is 3.05. The lowest BCUT2D eigenvalue weighted by Gasteiger charge is -2.20. The highest BCUT2D eigenvalue weighted by molar-refractivity contribution is 9.10. The van der Waals surface area contributed by atoms with Crippen LogP contribution in [0.25, 0.3) is 6.08 Å². The predicted octanol–water partition coefficient (Wildman–Crippen LogP) is 4.75. The summed E-state index contributed by atoms with van der Waals surface area (Å²) in [5, 5.41) is 15.7. The molecule has 4 rings (SSSR count). The van der Waals surface area contributed by atoms with Crippen molar-refractivity contribution in [3.63, 3.8) is 0 Å². The lowest BCUT2D eigenvalue weighted by molar-refractivity contribution is -0.114. The molecular weight excluding hydrogens is 466 g/mol. The number of nitrogens with zero attached hydrogens (tertiary/aromatic N) is 4. The predicted molar refractivity (Wildman–Crippen MR) is 124 cm³/mol. The number of aliphatic imine (C=N–C) groups is 1. The molecule has 0 unspecified atom stereocenters. The molecule has 2 aliphatic rings. The van der Waals surface area contributed by atoms with E-state index in [4.69, 9.17) is 10.1 Å². The second kappa shape index (κ2) is 9.01. The van der Waals surface area contributed by atoms with Gasteiger partial charge in [-0.05, 0) is 67.1 Å². The Morgan fingerprint density at radius 1 is 1.27 bits per heavy atom. The number of carbonyl (C=O) groups excluding carboxylic acids is 1. The molecule has 1 amide bonds. The number of benzene rings is 1. The van der Waals surface area contributed by atoms with E-state index in [2.05, 4.69) is 32.9 Å². The summed E-state index contributed by atoms with van der Waals surface area (Å²) in [6.07, 6.45) is 5.38. The molecule has 1 N–H and O–H groups in total. The van der Waals surface area contributed by atoms with Gasteiger partial charge in [0, 0.05) is 16.4 Å². The zero-order chi connectivity index (χ0) is 21.1. The Hall–Kier alpha value is -2.65. The molecule has 0 saturated heterocycles. The molecule has 0 spiro atoms. The van der Waals surface area contributed by atoms with Crippen LogP contribution in [0.2, 0.25) is 0 Å². The number of hydrogen-bond donors (Lipinski definition) is 1. The summed E-state index contributed by atoms with van der Waals surface area (Å²) in [4.78, 5) is 16.7. The Bertz CT molecular complexity index is 1070. The van der Waals surface area contributed by atoms with Crippen molar-refractivity contribution in [1.29, 1.82) is 5.41 Å². The van der Waals surface area contributed by atoms with E-state index in [0.717, 1.165) is 33.8 Å². The number of carbonyl (C=O) groups is 1. The van der Waals surface area contributed by atoms with Gasteiger partial charge >= 0.3 is 0 Å². The minimum atomic E-state index is -0.412. The van der Waals surface area contributed by atoms with Crippen LogP contribution >= 0.6 is 27.7 Å². The van der Waals surface area contributed by atoms with Crippen molar-refractivity contribution in [3.8, 4) is 5.75 Å². The molecule has 1 aromatic heterocycles. The van der Waals surface area contributed by atoms with Gasteiger partial charge in [-0.1, -0.05) is 22.9 Å². The van der Waals surface area contributed by atoms with Gasteiger partial charge in [-0.3, -0.25) is 10.2 Å². The minimum absolute atomic E-state index is 0.0578. The normalized spacial score (nSPS) is 17.3. The van der Waals surface area contributed by atoms with E-state index in [0.29, 0.717) is 18.3 Å². The summed E-state index contributed by atoms with van der Waals surface area (Å²) < 4.78 is 8.78. The van der Waals surface area contributed by atoms with E-state index < -0.39 is 5.91 Å². The number of ether oxygens (including phenoxy) is 1. The molecule has 0 bridgehead atoms. The summed E-state index contributed by atoms with van der Waals surface area (Å²) in [6.45, 7) is 3.16. The molecule has 154 valence electrons. The molecule has 1 aromatic carbocycles. The van der Waals surface area contributed by atoms with E-state index >= 15 is 0 Å². The van der Waals surface area contributed by atoms with Crippen molar-refractivity contribution < 1.29 is 9.53 Å². The highest BCUT2D eigenvalue weighted by Crippen LogP contribution is 2.29. The molecule has 0 aliphatic carbocycles. The second-order valence-corrected chi connectivity index (χ2v) is 8.65. The number of aromatic nitrogens is 1. The van der Waals surface area contributed by atoms with E-state index in [-0.39, 0.29) is 11.4 Å². The zero-order valence-electron chi connectivity index (χ0n) is 16.3. The summed E-state index contributed by atoms with van der Waals surface area (Å²) in [6, 6.07) is 11.5. The second-order valence-electron chi connectivity index (χ2n) is 6.69. The number of hydrogen-bond acceptors (Lipinski definition) is 5. The summed E-state index contributed by atoms with van der Waals surface area (Å²) >= 11 is 4.77. The fourth-order valence-corrected chi connectivity index (χ4v) is 4.30. The monoisotopic (exact) mass is 485 g/mol. The van der Waals surface area contributed by atoms with Crippen LogP contribution in [0.1, 0.15) is 25.5 Å². The molecule has 2 aliphatic heterocycles. The molecule has 7 nitrogen and oxygen atoms in total. The van der Waals surface area contributed by atoms with Crippen LogP contribution in [0.15, 0.2) is 62.7 Å². The third kappa shape index (κ3) is 4.41. The van der Waals surface area contributed by atoms with Crippen molar-refractivity contribution in [2.45, 2.75) is 26.3 Å². The number of halogens is 1. The molecule has 2 aromatic rings. The van der Waals surface area contributed by atoms with Crippen LogP contribution < -0.4 is 4.74 Å². The van der Waals surface area contributed by atoms with Crippen LogP contribution in [-0.4, -0.2) is 38.1 Å². The molecular formula is C21H20BrN5O2S. The lowest BCUT2D eigenvalue weighted by atomic mass is 10.1. The van der Waals surface area contributed by atoms with Gasteiger partial charge in [-0.15, -0.1) is 0 Å². The van der Waals surface area contributed by atoms with Crippen molar-refractivity contribution in [3.05, 3.63) is 58.3 Å². The Labute approximate surface area is 187 Å². The van der Waals surface area contributed by atoms with E-state index in [1.165, 1.54) is 16.8 Å². The minimum Gasteiger partial charge on any atom is -0.492 e. The third-order valence-electron chi connectivity index (χ3n) is 4.53. The van der Waals surface area contributed by atoms with Crippen LogP contribution in [-0.2, 0) is 11.3 Å². The lowest BCUT2D eigenvalue weighted by Crippen LogP contribution is -2.35. The number of thioether (sulfide) groups is 1. The number of nitrogens with one attached hydrogen (secondary N) is 1. The molecule has 0 saturated carbocycles. The first-order chi connectivity index (χ1) is 14.5. The van der Waals surface area contributed by atoms with Gasteiger partial charge in [0.25, 0.3) is 5.91 Å². The number of amides is 1. The SMILES string of the molecule is CCCC1=NN2C(=N)C(=Cc3cccn3CCOc3ccc(Br)cc3)C(=O)N=C2S1. The molecule has 9 heteroatoms. The maximum absolute atomic E-state index is 12.6. The molecule has 0 radical (unpaired) electrons. The van der Waals surface area contributed by atoms with Gasteiger partial charge < -0.3 is 9.30 Å². The van der Waals surface area contributed by atoms with Crippen LogP contribution in [0.4, 0.5) is 0 Å². The highest BCUT2D eigenvalue weighted by Gasteiger charge is 2.35. The Morgan fingerprint density at radius 3 is 2.83 bits per heavy atom. The highest BCUT2D eigenvalue weighted by atomic mass is 79.9. The first-order valence-electron chi connectivity index (χ1n) is 9.57. The van der Waals surface area contributed by atoms with Gasteiger partial charge in [0.15, 0.2) is 5.84 Å². The van der Waals surface area contributed by atoms with Gasteiger partial charge in [-0.25, -0.2) is 0 Å². The smallest absolute Gasteiger partial charge is 0.283 e. The molecule has 30 heavy (non-hydrogen) atoms. The Balaban J connectivity index is 1.47. The molecule has 0 fully saturated rings. The zero-order valence-corrected chi connectivity index (χ0v) is 18.7. The van der Waals surface area contributed by atoms with Gasteiger partial charge in [-0.2, -0.15) is 15.1 Å². The standard InChI is InChI=1S/C21H20BrN5O2S/c1-2-4-18-25-27-19(23)17(20(28)24-21(27)30-18)13-15-5-3-10-26(15)11-12-29-16-8-6-14(22)7-9-16/h3,5-10,13,23H,2,4,11-12H2,1H3. The number of fused-ring (bicyclic) bond motifs is 1. The summed E-state index contributed by atoms with van der Waals surface area (Å²) in [7, 11) is 0. The topological polar surface area (TPSA) is 83.0 Å². The fraction of sp³-hybridized carbons (Fsp3) is 0.238. The van der Waals surface area contributed by atoms with Crippen LogP contribution in [0, 0.1) is 5.41 Å². The van der Waals surface area contributed by atoms with Crippen LogP contribution in [0.5, 0.6) is 5.75 Å². The largest absolute Gasteiger partial charge is 0.492 e. The average molecular weight is 486 g/mol. The summed E-state index contributed by atoms with van der Waals surface area (Å²) in [5.41, 5.74) is 1.04. The van der Waals surface area contributed by atoms with E-state index in [1.807, 2.05) is 47.2 Å². The van der Waals surface area contributed by atoms with E-state index in [9.17, 15) is 4.79 Å². The van der Waals surface area contributed by atoms with Crippen molar-refractivity contribution >= 4 is 55.7 Å². The van der Waals surface area contributed by atoms with Gasteiger partial charge in [0.2, 0.25) is 5.17 Å². The Morgan fingerprint density at radius 2 is 2.07 bits per heavy atom. The first-order valence-corrected chi connectivity index (χ1v) is 11.2. The number of amidine groups is 2. The maximum atomic E-state index is 12.6. The first kappa shape index (κ1) is 20.6. The summed E-state index contributed by atoms with van der Waals surface area (Å²) in [5.74, 6) is 0.441. The van der Waals surface area contributed by atoms with E-state index in [1.54, 1.807) is 6.08 Å². The number of hydrazone groups is 1. The Kier molecular flexibility index (Phi) is 6.19. The quantitative estimate of drug-likeness (QED) is 0.573. The average Bonchev–Trinajstić information content (AvgIpc) is 3.33. The molecule has 0 atom stereocenters.